The predicted molar refractivity (Wildman–Crippen MR) is 116 cm³/mol. The highest BCUT2D eigenvalue weighted by Gasteiger charge is 2.21. The number of rotatable bonds is 8. The van der Waals surface area contributed by atoms with Gasteiger partial charge < -0.3 is 18.8 Å². The molecule has 4 rings (SSSR count). The van der Waals surface area contributed by atoms with Crippen LogP contribution >= 0.6 is 0 Å². The van der Waals surface area contributed by atoms with Crippen molar-refractivity contribution >= 4 is 0 Å². The van der Waals surface area contributed by atoms with Crippen LogP contribution in [0.2, 0.25) is 0 Å². The number of likely N-dealkylation sites (tertiary alicyclic amines) is 1. The number of benzene rings is 1. The van der Waals surface area contributed by atoms with E-state index in [2.05, 4.69) is 16.8 Å². The Hall–Kier alpha value is -2.86. The summed E-state index contributed by atoms with van der Waals surface area (Å²) in [4.78, 5) is 11.5. The molecule has 0 radical (unpaired) electrons. The van der Waals surface area contributed by atoms with Gasteiger partial charge in [0.25, 0.3) is 0 Å². The third kappa shape index (κ3) is 4.82. The molecule has 1 aromatic carbocycles. The van der Waals surface area contributed by atoms with Gasteiger partial charge >= 0.3 is 0 Å². The Balaban J connectivity index is 1.35. The number of ether oxygens (including phenoxy) is 2. The molecule has 0 saturated carbocycles. The maximum atomic E-state index is 5.94. The summed E-state index contributed by atoms with van der Waals surface area (Å²) in [6, 6.07) is 12.3. The highest BCUT2D eigenvalue weighted by atomic mass is 16.5. The van der Waals surface area contributed by atoms with Gasteiger partial charge in [-0.2, -0.15) is 0 Å². The van der Waals surface area contributed by atoms with E-state index >= 15 is 0 Å². The van der Waals surface area contributed by atoms with Gasteiger partial charge in [-0.05, 0) is 63.6 Å². The molecule has 0 spiro atoms. The van der Waals surface area contributed by atoms with E-state index < -0.39 is 0 Å². The van der Waals surface area contributed by atoms with Crippen molar-refractivity contribution in [2.45, 2.75) is 45.8 Å². The third-order valence-electron chi connectivity index (χ3n) is 5.73. The van der Waals surface area contributed by atoms with Crippen LogP contribution in [0.4, 0.5) is 0 Å². The summed E-state index contributed by atoms with van der Waals surface area (Å²) < 4.78 is 16.9. The fourth-order valence-electron chi connectivity index (χ4n) is 3.84. The summed E-state index contributed by atoms with van der Waals surface area (Å²) >= 11 is 0. The van der Waals surface area contributed by atoms with Crippen molar-refractivity contribution in [3.05, 3.63) is 59.6 Å². The van der Waals surface area contributed by atoms with Crippen LogP contribution in [0.15, 0.2) is 47.0 Å². The number of aryl methyl sites for hydroxylation is 1. The molecule has 1 saturated heterocycles. The number of hydrogen-bond acceptors (Lipinski definition) is 6. The monoisotopic (exact) mass is 407 g/mol. The highest BCUT2D eigenvalue weighted by Crippen LogP contribution is 2.25. The molecule has 6 heteroatoms. The van der Waals surface area contributed by atoms with Crippen LogP contribution in [0.3, 0.4) is 0 Å². The number of nitrogens with zero attached hydrogens (tertiary/aromatic N) is 3. The summed E-state index contributed by atoms with van der Waals surface area (Å²) in [5, 5.41) is 0. The Kier molecular flexibility index (Phi) is 6.33. The standard InChI is InChI=1S/C24H29N3O3/c1-17-5-4-13-27(17)14-12-22-18(2)30-24(26-22)20-7-9-21(10-8-20)29-16-19-6-11-23(28-3)25-15-19/h6-11,15,17H,4-5,12-14,16H2,1-3H3/t17-/m1/s1. The molecule has 0 amide bonds. The lowest BCUT2D eigenvalue weighted by Crippen LogP contribution is -2.29. The van der Waals surface area contributed by atoms with Gasteiger partial charge in [0.1, 0.15) is 18.1 Å². The van der Waals surface area contributed by atoms with Crippen molar-refractivity contribution in [1.82, 2.24) is 14.9 Å². The lowest BCUT2D eigenvalue weighted by Gasteiger charge is -2.20. The van der Waals surface area contributed by atoms with Crippen molar-refractivity contribution in [2.75, 3.05) is 20.2 Å². The first kappa shape index (κ1) is 20.4. The summed E-state index contributed by atoms with van der Waals surface area (Å²) in [5.74, 6) is 2.96. The SMILES string of the molecule is COc1ccc(COc2ccc(-c3nc(CCN4CCC[C@H]4C)c(C)o3)cc2)cn1. The number of methoxy groups -OCH3 is 1. The molecule has 0 aliphatic carbocycles. The van der Waals surface area contributed by atoms with Crippen LogP contribution in [0.25, 0.3) is 11.5 Å². The minimum Gasteiger partial charge on any atom is -0.489 e. The number of aromatic nitrogens is 2. The molecule has 1 fully saturated rings. The Labute approximate surface area is 177 Å². The minimum absolute atomic E-state index is 0.452. The van der Waals surface area contributed by atoms with Crippen LogP contribution in [0.1, 0.15) is 36.8 Å². The normalized spacial score (nSPS) is 16.7. The summed E-state index contributed by atoms with van der Waals surface area (Å²) in [6.45, 7) is 7.00. The molecule has 158 valence electrons. The number of hydrogen-bond donors (Lipinski definition) is 0. The Morgan fingerprint density at radius 3 is 2.67 bits per heavy atom. The van der Waals surface area contributed by atoms with E-state index in [4.69, 9.17) is 18.9 Å². The lowest BCUT2D eigenvalue weighted by molar-refractivity contribution is 0.271. The van der Waals surface area contributed by atoms with E-state index in [1.165, 1.54) is 19.4 Å². The molecule has 6 nitrogen and oxygen atoms in total. The van der Waals surface area contributed by atoms with Crippen molar-refractivity contribution in [3.8, 4) is 23.1 Å². The van der Waals surface area contributed by atoms with E-state index in [-0.39, 0.29) is 0 Å². The molecule has 30 heavy (non-hydrogen) atoms. The van der Waals surface area contributed by atoms with Gasteiger partial charge in [-0.1, -0.05) is 0 Å². The number of oxazole rings is 1. The summed E-state index contributed by atoms with van der Waals surface area (Å²) in [5.41, 5.74) is 2.99. The maximum absolute atomic E-state index is 5.94. The van der Waals surface area contributed by atoms with E-state index in [0.717, 1.165) is 41.3 Å². The van der Waals surface area contributed by atoms with Gasteiger partial charge in [-0.3, -0.25) is 0 Å². The molecule has 0 N–H and O–H groups in total. The van der Waals surface area contributed by atoms with Crippen LogP contribution < -0.4 is 9.47 Å². The molecule has 0 unspecified atom stereocenters. The zero-order chi connectivity index (χ0) is 20.9. The highest BCUT2D eigenvalue weighted by molar-refractivity contribution is 5.55. The number of pyridine rings is 1. The second kappa shape index (κ2) is 9.30. The van der Waals surface area contributed by atoms with Gasteiger partial charge in [0.2, 0.25) is 11.8 Å². The van der Waals surface area contributed by atoms with Gasteiger partial charge in [-0.15, -0.1) is 0 Å². The third-order valence-corrected chi connectivity index (χ3v) is 5.73. The zero-order valence-corrected chi connectivity index (χ0v) is 17.9. The molecular formula is C24H29N3O3. The Morgan fingerprint density at radius 1 is 1.17 bits per heavy atom. The molecular weight excluding hydrogens is 378 g/mol. The van der Waals surface area contributed by atoms with Gasteiger partial charge in [-0.25, -0.2) is 9.97 Å². The molecule has 0 bridgehead atoms. The molecule has 3 aromatic rings. The van der Waals surface area contributed by atoms with E-state index in [1.54, 1.807) is 13.3 Å². The average molecular weight is 408 g/mol. The largest absolute Gasteiger partial charge is 0.489 e. The van der Waals surface area contributed by atoms with Gasteiger partial charge in [0.15, 0.2) is 0 Å². The Bertz CT molecular complexity index is 951. The molecule has 2 aromatic heterocycles. The summed E-state index contributed by atoms with van der Waals surface area (Å²) in [7, 11) is 1.60. The van der Waals surface area contributed by atoms with Crippen molar-refractivity contribution in [2.24, 2.45) is 0 Å². The minimum atomic E-state index is 0.452. The summed E-state index contributed by atoms with van der Waals surface area (Å²) in [6.07, 6.45) is 5.28. The molecule has 1 atom stereocenters. The lowest BCUT2D eigenvalue weighted by atomic mass is 10.2. The fourth-order valence-corrected chi connectivity index (χ4v) is 3.84. The topological polar surface area (TPSA) is 60.6 Å². The quantitative estimate of drug-likeness (QED) is 0.541. The van der Waals surface area contributed by atoms with Crippen molar-refractivity contribution in [3.63, 3.8) is 0 Å². The zero-order valence-electron chi connectivity index (χ0n) is 17.9. The fraction of sp³-hybridized carbons (Fsp3) is 0.417. The first-order chi connectivity index (χ1) is 14.6. The molecule has 1 aliphatic heterocycles. The van der Waals surface area contributed by atoms with Gasteiger partial charge in [0, 0.05) is 42.4 Å². The van der Waals surface area contributed by atoms with Crippen LogP contribution in [0, 0.1) is 6.92 Å². The van der Waals surface area contributed by atoms with Gasteiger partial charge in [0.05, 0.1) is 12.8 Å². The molecule has 1 aliphatic rings. The first-order valence-electron chi connectivity index (χ1n) is 10.5. The first-order valence-corrected chi connectivity index (χ1v) is 10.5. The Morgan fingerprint density at radius 2 is 2.00 bits per heavy atom. The van der Waals surface area contributed by atoms with E-state index in [9.17, 15) is 0 Å². The predicted octanol–water partition coefficient (Wildman–Crippen LogP) is 4.66. The van der Waals surface area contributed by atoms with Crippen LogP contribution in [0.5, 0.6) is 11.6 Å². The smallest absolute Gasteiger partial charge is 0.226 e. The molecule has 3 heterocycles. The second-order valence-corrected chi connectivity index (χ2v) is 7.82. The van der Waals surface area contributed by atoms with Crippen molar-refractivity contribution in [1.29, 1.82) is 0 Å². The van der Waals surface area contributed by atoms with Crippen LogP contribution in [-0.4, -0.2) is 41.1 Å². The van der Waals surface area contributed by atoms with E-state index in [0.29, 0.717) is 24.4 Å². The maximum Gasteiger partial charge on any atom is 0.226 e. The average Bonchev–Trinajstić information content (AvgIpc) is 3.36. The van der Waals surface area contributed by atoms with Crippen LogP contribution in [-0.2, 0) is 13.0 Å². The second-order valence-electron chi connectivity index (χ2n) is 7.82. The van der Waals surface area contributed by atoms with E-state index in [1.807, 2.05) is 43.3 Å². The van der Waals surface area contributed by atoms with Crippen molar-refractivity contribution < 1.29 is 13.9 Å².